The molecule has 1 aromatic carbocycles. The van der Waals surface area contributed by atoms with Crippen LogP contribution in [0, 0.1) is 5.92 Å². The molecule has 1 aliphatic carbocycles. The van der Waals surface area contributed by atoms with Gasteiger partial charge < -0.3 is 20.1 Å². The number of carbonyl (C=O) groups is 1. The molecule has 0 atom stereocenters. The predicted octanol–water partition coefficient (Wildman–Crippen LogP) is 2.30. The molecular weight excluding hydrogens is 306 g/mol. The van der Waals surface area contributed by atoms with Crippen molar-refractivity contribution in [2.24, 2.45) is 5.92 Å². The number of halogens is 2. The van der Waals surface area contributed by atoms with Crippen LogP contribution in [0.25, 0.3) is 0 Å². The second-order valence-electron chi connectivity index (χ2n) is 5.41. The number of hydrogen-bond acceptors (Lipinski definition) is 4. The van der Waals surface area contributed by atoms with Crippen LogP contribution in [-0.2, 0) is 11.3 Å². The largest absolute Gasteiger partial charge is 0.490 e. The molecular formula is C16H22F2N2O3. The monoisotopic (exact) mass is 328 g/mol. The van der Waals surface area contributed by atoms with Crippen molar-refractivity contribution >= 4 is 5.91 Å². The molecule has 0 aromatic heterocycles. The highest BCUT2D eigenvalue weighted by molar-refractivity contribution is 5.78. The van der Waals surface area contributed by atoms with Crippen LogP contribution in [0.1, 0.15) is 25.3 Å². The normalized spacial score (nSPS) is 13.9. The average Bonchev–Trinajstić information content (AvgIpc) is 3.31. The minimum Gasteiger partial charge on any atom is -0.490 e. The minimum atomic E-state index is -2.95. The maximum atomic E-state index is 12.6. The number of benzene rings is 1. The third-order valence-corrected chi connectivity index (χ3v) is 3.46. The van der Waals surface area contributed by atoms with Gasteiger partial charge in [-0.05, 0) is 38.3 Å². The molecule has 5 nitrogen and oxygen atoms in total. The van der Waals surface area contributed by atoms with Gasteiger partial charge in [-0.25, -0.2) is 0 Å². The Morgan fingerprint density at radius 2 is 2.17 bits per heavy atom. The lowest BCUT2D eigenvalue weighted by molar-refractivity contribution is -0.120. The van der Waals surface area contributed by atoms with Crippen LogP contribution in [0.3, 0.4) is 0 Å². The molecule has 0 bridgehead atoms. The smallest absolute Gasteiger partial charge is 0.387 e. The molecule has 1 saturated carbocycles. The van der Waals surface area contributed by atoms with Crippen LogP contribution in [0.5, 0.6) is 11.5 Å². The van der Waals surface area contributed by atoms with E-state index < -0.39 is 6.61 Å². The van der Waals surface area contributed by atoms with Crippen molar-refractivity contribution in [2.75, 3.05) is 19.7 Å². The van der Waals surface area contributed by atoms with Gasteiger partial charge in [-0.15, -0.1) is 0 Å². The zero-order valence-corrected chi connectivity index (χ0v) is 13.1. The second kappa shape index (κ2) is 8.67. The Balaban J connectivity index is 1.91. The summed E-state index contributed by atoms with van der Waals surface area (Å²) in [6.07, 6.45) is 2.43. The summed E-state index contributed by atoms with van der Waals surface area (Å²) >= 11 is 0. The fourth-order valence-electron chi connectivity index (χ4n) is 2.16. The third-order valence-electron chi connectivity index (χ3n) is 3.46. The molecule has 2 N–H and O–H groups in total. The lowest BCUT2D eigenvalue weighted by atomic mass is 10.2. The van der Waals surface area contributed by atoms with Crippen LogP contribution in [0.4, 0.5) is 8.78 Å². The number of hydrogen-bond donors (Lipinski definition) is 2. The van der Waals surface area contributed by atoms with E-state index in [0.29, 0.717) is 18.1 Å². The Morgan fingerprint density at radius 3 is 2.83 bits per heavy atom. The molecule has 23 heavy (non-hydrogen) atoms. The van der Waals surface area contributed by atoms with Crippen LogP contribution in [0.2, 0.25) is 0 Å². The number of ether oxygens (including phenoxy) is 2. The summed E-state index contributed by atoms with van der Waals surface area (Å²) in [6, 6.07) is 4.86. The molecule has 7 heteroatoms. The summed E-state index contributed by atoms with van der Waals surface area (Å²) in [7, 11) is 0. The lowest BCUT2D eigenvalue weighted by Gasteiger charge is -2.15. The Labute approximate surface area is 134 Å². The van der Waals surface area contributed by atoms with Gasteiger partial charge in [-0.1, -0.05) is 12.1 Å². The highest BCUT2D eigenvalue weighted by Gasteiger charge is 2.20. The molecule has 0 unspecified atom stereocenters. The Morgan fingerprint density at radius 1 is 1.39 bits per heavy atom. The third kappa shape index (κ3) is 6.02. The van der Waals surface area contributed by atoms with E-state index in [9.17, 15) is 13.6 Å². The molecule has 1 fully saturated rings. The molecule has 1 aromatic rings. The quantitative estimate of drug-likeness (QED) is 0.692. The van der Waals surface area contributed by atoms with Crippen molar-refractivity contribution in [2.45, 2.75) is 32.9 Å². The van der Waals surface area contributed by atoms with E-state index in [1.807, 2.05) is 0 Å². The molecule has 2 rings (SSSR count). The van der Waals surface area contributed by atoms with Crippen LogP contribution in [-0.4, -0.2) is 32.2 Å². The van der Waals surface area contributed by atoms with E-state index in [0.717, 1.165) is 6.54 Å². The zero-order chi connectivity index (χ0) is 16.7. The van der Waals surface area contributed by atoms with Gasteiger partial charge in [0.15, 0.2) is 11.5 Å². The van der Waals surface area contributed by atoms with Gasteiger partial charge in [0.1, 0.15) is 0 Å². The number of nitrogens with one attached hydrogen (secondary N) is 2. The van der Waals surface area contributed by atoms with Gasteiger partial charge in [0, 0.05) is 12.1 Å². The number of rotatable bonds is 10. The highest BCUT2D eigenvalue weighted by atomic mass is 19.3. The summed E-state index contributed by atoms with van der Waals surface area (Å²) in [5, 5.41) is 5.77. The van der Waals surface area contributed by atoms with Gasteiger partial charge in [0.2, 0.25) is 5.91 Å². The van der Waals surface area contributed by atoms with Crippen molar-refractivity contribution in [3.63, 3.8) is 0 Å². The summed E-state index contributed by atoms with van der Waals surface area (Å²) < 4.78 is 35.0. The van der Waals surface area contributed by atoms with Crippen molar-refractivity contribution < 1.29 is 23.0 Å². The average molecular weight is 328 g/mol. The predicted molar refractivity (Wildman–Crippen MR) is 81.7 cm³/mol. The lowest BCUT2D eigenvalue weighted by Crippen LogP contribution is -2.34. The molecule has 0 radical (unpaired) electrons. The van der Waals surface area contributed by atoms with Gasteiger partial charge in [0.25, 0.3) is 0 Å². The number of amides is 1. The van der Waals surface area contributed by atoms with E-state index in [4.69, 9.17) is 4.74 Å². The summed E-state index contributed by atoms with van der Waals surface area (Å²) in [5.74, 6) is 0.717. The second-order valence-corrected chi connectivity index (χ2v) is 5.41. The van der Waals surface area contributed by atoms with E-state index in [1.165, 1.54) is 12.8 Å². The van der Waals surface area contributed by atoms with E-state index >= 15 is 0 Å². The standard InChI is InChI=1S/C16H22F2N2O3/c1-2-22-13-5-3-4-12(15(13)23-16(17)18)9-20-14(21)10-19-8-11-6-7-11/h3-5,11,16,19H,2,6-10H2,1H3,(H,20,21). The summed E-state index contributed by atoms with van der Waals surface area (Å²) in [6.45, 7) is 0.297. The zero-order valence-electron chi connectivity index (χ0n) is 13.1. The maximum Gasteiger partial charge on any atom is 0.387 e. The number of para-hydroxylation sites is 1. The van der Waals surface area contributed by atoms with Crippen LogP contribution in [0.15, 0.2) is 18.2 Å². The van der Waals surface area contributed by atoms with Gasteiger partial charge in [-0.3, -0.25) is 4.79 Å². The first-order valence-electron chi connectivity index (χ1n) is 7.77. The maximum absolute atomic E-state index is 12.6. The van der Waals surface area contributed by atoms with Gasteiger partial charge in [-0.2, -0.15) is 8.78 Å². The SMILES string of the molecule is CCOc1cccc(CNC(=O)CNCC2CC2)c1OC(F)F. The van der Waals surface area contributed by atoms with E-state index in [1.54, 1.807) is 25.1 Å². The molecule has 0 aliphatic heterocycles. The Bertz CT molecular complexity index is 522. The molecule has 0 heterocycles. The molecule has 128 valence electrons. The highest BCUT2D eigenvalue weighted by Crippen LogP contribution is 2.32. The Kier molecular flexibility index (Phi) is 6.58. The first-order valence-corrected chi connectivity index (χ1v) is 7.77. The van der Waals surface area contributed by atoms with Crippen molar-refractivity contribution in [3.05, 3.63) is 23.8 Å². The van der Waals surface area contributed by atoms with E-state index in [2.05, 4.69) is 15.4 Å². The molecule has 0 spiro atoms. The molecule has 1 aliphatic rings. The van der Waals surface area contributed by atoms with Crippen molar-refractivity contribution in [1.29, 1.82) is 0 Å². The fraction of sp³-hybridized carbons (Fsp3) is 0.562. The van der Waals surface area contributed by atoms with E-state index in [-0.39, 0.29) is 30.5 Å². The minimum absolute atomic E-state index is 0.0319. The summed E-state index contributed by atoms with van der Waals surface area (Å²) in [5.41, 5.74) is 0.451. The van der Waals surface area contributed by atoms with Crippen molar-refractivity contribution in [3.8, 4) is 11.5 Å². The topological polar surface area (TPSA) is 59.6 Å². The van der Waals surface area contributed by atoms with Gasteiger partial charge in [0.05, 0.1) is 13.2 Å². The fourth-order valence-corrected chi connectivity index (χ4v) is 2.16. The van der Waals surface area contributed by atoms with Gasteiger partial charge >= 0.3 is 6.61 Å². The van der Waals surface area contributed by atoms with Crippen molar-refractivity contribution in [1.82, 2.24) is 10.6 Å². The van der Waals surface area contributed by atoms with Crippen LogP contribution < -0.4 is 20.1 Å². The van der Waals surface area contributed by atoms with Crippen LogP contribution >= 0.6 is 0 Å². The first-order chi connectivity index (χ1) is 11.1. The summed E-state index contributed by atoms with van der Waals surface area (Å²) in [4.78, 5) is 11.8. The number of alkyl halides is 2. The first kappa shape index (κ1) is 17.5. The number of carbonyl (C=O) groups excluding carboxylic acids is 1. The molecule has 1 amide bonds. The molecule has 0 saturated heterocycles. The Hall–Kier alpha value is -1.89.